The molecular weight excluding hydrogens is 353 g/mol. The van der Waals surface area contributed by atoms with Crippen molar-refractivity contribution in [2.45, 2.75) is 44.8 Å². The van der Waals surface area contributed by atoms with Crippen molar-refractivity contribution in [3.05, 3.63) is 46.5 Å². The van der Waals surface area contributed by atoms with Crippen molar-refractivity contribution >= 4 is 17.7 Å². The number of nitrogens with one attached hydrogen (secondary N) is 1. The highest BCUT2D eigenvalue weighted by molar-refractivity contribution is 7.98. The summed E-state index contributed by atoms with van der Waals surface area (Å²) in [7, 11) is 1.42. The van der Waals surface area contributed by atoms with Crippen molar-refractivity contribution in [1.82, 2.24) is 15.3 Å². The molecule has 1 atom stereocenters. The Balaban J connectivity index is 1.98. The van der Waals surface area contributed by atoms with E-state index in [1.54, 1.807) is 12.1 Å². The predicted molar refractivity (Wildman–Crippen MR) is 101 cm³/mol. The van der Waals surface area contributed by atoms with Gasteiger partial charge in [0.25, 0.3) is 0 Å². The molecule has 1 aromatic carbocycles. The number of nitrogens with zero attached hydrogens (tertiary/aromatic N) is 2. The highest BCUT2D eigenvalue weighted by Crippen LogP contribution is 2.22. The van der Waals surface area contributed by atoms with Crippen LogP contribution in [0.25, 0.3) is 0 Å². The molecule has 0 unspecified atom stereocenters. The summed E-state index contributed by atoms with van der Waals surface area (Å²) in [5, 5.41) is 3.64. The number of benzene rings is 1. The maximum absolute atomic E-state index is 13.8. The van der Waals surface area contributed by atoms with Crippen LogP contribution in [0.1, 0.15) is 41.9 Å². The monoisotopic (exact) mass is 377 g/mol. The molecule has 1 N–H and O–H groups in total. The zero-order valence-electron chi connectivity index (χ0n) is 15.7. The van der Waals surface area contributed by atoms with Gasteiger partial charge in [0, 0.05) is 17.8 Å². The van der Waals surface area contributed by atoms with Gasteiger partial charge in [-0.3, -0.25) is 4.79 Å². The molecule has 1 amide bonds. The molecule has 0 aliphatic rings. The van der Waals surface area contributed by atoms with E-state index in [0.29, 0.717) is 18.4 Å². The number of carbonyl (C=O) groups is 1. The van der Waals surface area contributed by atoms with E-state index in [4.69, 9.17) is 4.74 Å². The van der Waals surface area contributed by atoms with Crippen LogP contribution in [0.4, 0.5) is 4.39 Å². The van der Waals surface area contributed by atoms with Gasteiger partial charge in [0.15, 0.2) is 16.7 Å². The van der Waals surface area contributed by atoms with Crippen LogP contribution >= 0.6 is 11.8 Å². The largest absolute Gasteiger partial charge is 0.494 e. The maximum Gasteiger partial charge on any atom is 0.220 e. The van der Waals surface area contributed by atoms with Gasteiger partial charge in [0.1, 0.15) is 0 Å². The average Bonchev–Trinajstić information content (AvgIpc) is 2.60. The van der Waals surface area contributed by atoms with Crippen LogP contribution in [0.5, 0.6) is 5.75 Å². The number of aryl methyl sites for hydroxylation is 2. The fourth-order valence-electron chi connectivity index (χ4n) is 2.75. The SMILES string of the molecule is COc1ccc([C@H](C)NC(=O)CCc2c(C)nc(SC)nc2C)cc1F. The Morgan fingerprint density at radius 2 is 1.96 bits per heavy atom. The highest BCUT2D eigenvalue weighted by Gasteiger charge is 2.14. The fourth-order valence-corrected chi connectivity index (χ4v) is 3.21. The molecule has 2 rings (SSSR count). The van der Waals surface area contributed by atoms with Crippen LogP contribution in [0.3, 0.4) is 0 Å². The highest BCUT2D eigenvalue weighted by atomic mass is 32.2. The van der Waals surface area contributed by atoms with E-state index < -0.39 is 5.82 Å². The number of aromatic nitrogens is 2. The predicted octanol–water partition coefficient (Wildman–Crippen LogP) is 3.77. The van der Waals surface area contributed by atoms with Gasteiger partial charge in [-0.15, -0.1) is 0 Å². The molecule has 0 radical (unpaired) electrons. The van der Waals surface area contributed by atoms with Crippen molar-refractivity contribution in [2.75, 3.05) is 13.4 Å². The molecule has 26 heavy (non-hydrogen) atoms. The first-order chi connectivity index (χ1) is 12.3. The number of carbonyl (C=O) groups excluding carboxylic acids is 1. The van der Waals surface area contributed by atoms with Gasteiger partial charge in [-0.1, -0.05) is 17.8 Å². The smallest absolute Gasteiger partial charge is 0.220 e. The zero-order valence-corrected chi connectivity index (χ0v) is 16.5. The van der Waals surface area contributed by atoms with Crippen molar-refractivity contribution in [1.29, 1.82) is 0 Å². The number of halogens is 1. The van der Waals surface area contributed by atoms with Gasteiger partial charge < -0.3 is 10.1 Å². The molecule has 5 nitrogen and oxygen atoms in total. The quantitative estimate of drug-likeness (QED) is 0.588. The molecule has 140 valence electrons. The number of hydrogen-bond donors (Lipinski definition) is 1. The number of amides is 1. The van der Waals surface area contributed by atoms with E-state index in [0.717, 1.165) is 22.1 Å². The Hall–Kier alpha value is -2.15. The summed E-state index contributed by atoms with van der Waals surface area (Å²) in [6.07, 6.45) is 2.83. The minimum Gasteiger partial charge on any atom is -0.494 e. The van der Waals surface area contributed by atoms with Gasteiger partial charge in [-0.25, -0.2) is 14.4 Å². The minimum absolute atomic E-state index is 0.0959. The van der Waals surface area contributed by atoms with Gasteiger partial charge in [0.05, 0.1) is 13.2 Å². The minimum atomic E-state index is -0.441. The molecule has 1 aromatic heterocycles. The topological polar surface area (TPSA) is 64.1 Å². The van der Waals surface area contributed by atoms with Crippen LogP contribution in [-0.4, -0.2) is 29.2 Å². The van der Waals surface area contributed by atoms with Crippen LogP contribution in [0.2, 0.25) is 0 Å². The summed E-state index contributed by atoms with van der Waals surface area (Å²) in [4.78, 5) is 21.1. The number of ether oxygens (including phenoxy) is 1. The van der Waals surface area contributed by atoms with Crippen molar-refractivity contribution < 1.29 is 13.9 Å². The molecule has 0 aliphatic carbocycles. The molecule has 1 heterocycles. The lowest BCUT2D eigenvalue weighted by Gasteiger charge is -2.16. The third kappa shape index (κ3) is 4.94. The van der Waals surface area contributed by atoms with Gasteiger partial charge in [-0.2, -0.15) is 0 Å². The summed E-state index contributed by atoms with van der Waals surface area (Å²) < 4.78 is 18.7. The first-order valence-electron chi connectivity index (χ1n) is 8.36. The maximum atomic E-state index is 13.8. The Morgan fingerprint density at radius 3 is 2.50 bits per heavy atom. The molecule has 7 heteroatoms. The Labute approximate surface area is 157 Å². The van der Waals surface area contributed by atoms with Gasteiger partial charge in [-0.05, 0) is 56.7 Å². The lowest BCUT2D eigenvalue weighted by Crippen LogP contribution is -2.27. The Bertz CT molecular complexity index is 775. The Morgan fingerprint density at radius 1 is 1.31 bits per heavy atom. The molecule has 0 saturated carbocycles. The van der Waals surface area contributed by atoms with Crippen LogP contribution in [0, 0.1) is 19.7 Å². The normalized spacial score (nSPS) is 11.9. The Kier molecular flexibility index (Phi) is 6.97. The standard InChI is InChI=1S/C19H24FN3O2S/c1-11(14-6-8-17(25-4)16(20)10-14)21-18(24)9-7-15-12(2)22-19(26-5)23-13(15)3/h6,8,10-11H,7,9H2,1-5H3,(H,21,24)/t11-/m0/s1. The van der Waals surface area contributed by atoms with E-state index in [-0.39, 0.29) is 17.7 Å². The van der Waals surface area contributed by atoms with E-state index in [2.05, 4.69) is 15.3 Å². The molecule has 0 saturated heterocycles. The molecule has 0 spiro atoms. The first-order valence-corrected chi connectivity index (χ1v) is 9.59. The van der Waals surface area contributed by atoms with E-state index in [1.165, 1.54) is 24.9 Å². The van der Waals surface area contributed by atoms with Gasteiger partial charge >= 0.3 is 0 Å². The van der Waals surface area contributed by atoms with E-state index in [9.17, 15) is 9.18 Å². The number of rotatable bonds is 7. The first kappa shape index (κ1) is 20.2. The molecule has 0 bridgehead atoms. The third-order valence-corrected chi connectivity index (χ3v) is 4.79. The second kappa shape index (κ2) is 8.98. The number of hydrogen-bond acceptors (Lipinski definition) is 5. The summed E-state index contributed by atoms with van der Waals surface area (Å²) in [6.45, 7) is 5.70. The number of methoxy groups -OCH3 is 1. The number of thioether (sulfide) groups is 1. The lowest BCUT2D eigenvalue weighted by atomic mass is 10.1. The average molecular weight is 377 g/mol. The fraction of sp³-hybridized carbons (Fsp3) is 0.421. The van der Waals surface area contributed by atoms with Crippen LogP contribution in [-0.2, 0) is 11.2 Å². The van der Waals surface area contributed by atoms with E-state index in [1.807, 2.05) is 27.0 Å². The third-order valence-electron chi connectivity index (χ3n) is 4.24. The zero-order chi connectivity index (χ0) is 19.3. The van der Waals surface area contributed by atoms with Crippen LogP contribution < -0.4 is 10.1 Å². The molecular formula is C19H24FN3O2S. The summed E-state index contributed by atoms with van der Waals surface area (Å²) in [5.74, 6) is -0.350. The molecule has 0 fully saturated rings. The van der Waals surface area contributed by atoms with Crippen LogP contribution in [0.15, 0.2) is 23.4 Å². The van der Waals surface area contributed by atoms with Crippen molar-refractivity contribution in [3.8, 4) is 5.75 Å². The summed E-state index contributed by atoms with van der Waals surface area (Å²) in [6, 6.07) is 4.40. The van der Waals surface area contributed by atoms with Crippen molar-refractivity contribution in [3.63, 3.8) is 0 Å². The molecule has 2 aromatic rings. The van der Waals surface area contributed by atoms with Gasteiger partial charge in [0.2, 0.25) is 5.91 Å². The van der Waals surface area contributed by atoms with E-state index >= 15 is 0 Å². The van der Waals surface area contributed by atoms with Crippen molar-refractivity contribution in [2.24, 2.45) is 0 Å². The summed E-state index contributed by atoms with van der Waals surface area (Å²) >= 11 is 1.50. The molecule has 0 aliphatic heterocycles. The summed E-state index contributed by atoms with van der Waals surface area (Å²) in [5.41, 5.74) is 3.50. The second-order valence-electron chi connectivity index (χ2n) is 6.04. The lowest BCUT2D eigenvalue weighted by molar-refractivity contribution is -0.121. The second-order valence-corrected chi connectivity index (χ2v) is 6.82.